The number of hydrogen-bond donors (Lipinski definition) is 1. The molecule has 1 fully saturated rings. The molecule has 2 N–H and O–H groups in total. The molecule has 0 saturated heterocycles. The molecule has 2 nitrogen and oxygen atoms in total. The van der Waals surface area contributed by atoms with Crippen molar-refractivity contribution in [2.75, 3.05) is 0 Å². The number of hydrogen-bond acceptors (Lipinski definition) is 2. The molecule has 1 aromatic rings. The second-order valence-corrected chi connectivity index (χ2v) is 6.44. The summed E-state index contributed by atoms with van der Waals surface area (Å²) in [5, 5.41) is 0. The van der Waals surface area contributed by atoms with Crippen LogP contribution in [0.2, 0.25) is 0 Å². The van der Waals surface area contributed by atoms with Gasteiger partial charge in [-0.05, 0) is 52.7 Å². The maximum atomic E-state index is 6.35. The number of aromatic nitrogens is 1. The van der Waals surface area contributed by atoms with Crippen LogP contribution in [0, 0.1) is 11.8 Å². The summed E-state index contributed by atoms with van der Waals surface area (Å²) >= 11 is 3.41. The van der Waals surface area contributed by atoms with Gasteiger partial charge in [-0.3, -0.25) is 4.98 Å². The van der Waals surface area contributed by atoms with E-state index in [0.29, 0.717) is 5.92 Å². The third-order valence-corrected chi connectivity index (χ3v) is 4.78. The lowest BCUT2D eigenvalue weighted by molar-refractivity contribution is 0.237. The first-order chi connectivity index (χ1) is 8.69. The Morgan fingerprint density at radius 2 is 2.06 bits per heavy atom. The van der Waals surface area contributed by atoms with Crippen LogP contribution in [0.25, 0.3) is 0 Å². The molecule has 0 radical (unpaired) electrons. The van der Waals surface area contributed by atoms with Crippen LogP contribution < -0.4 is 5.73 Å². The molecule has 1 aliphatic rings. The van der Waals surface area contributed by atoms with Crippen LogP contribution in [0.5, 0.6) is 0 Å². The summed E-state index contributed by atoms with van der Waals surface area (Å²) in [5.74, 6) is 1.64. The van der Waals surface area contributed by atoms with Crippen molar-refractivity contribution in [2.24, 2.45) is 17.6 Å². The first-order valence-corrected chi connectivity index (χ1v) is 7.84. The smallest absolute Gasteiger partial charge is 0.0420 e. The zero-order valence-electron chi connectivity index (χ0n) is 11.1. The van der Waals surface area contributed by atoms with Crippen molar-refractivity contribution in [2.45, 2.75) is 51.5 Å². The van der Waals surface area contributed by atoms with Gasteiger partial charge in [0.2, 0.25) is 0 Å². The van der Waals surface area contributed by atoms with Crippen molar-refractivity contribution in [3.63, 3.8) is 0 Å². The van der Waals surface area contributed by atoms with Crippen molar-refractivity contribution in [1.29, 1.82) is 0 Å². The molecule has 100 valence electrons. The van der Waals surface area contributed by atoms with Gasteiger partial charge in [0, 0.05) is 28.8 Å². The molecule has 0 aromatic carbocycles. The minimum Gasteiger partial charge on any atom is -0.327 e. The summed E-state index contributed by atoms with van der Waals surface area (Å²) in [6.07, 6.45) is 9.43. The molecular weight excluding hydrogens is 288 g/mol. The molecule has 3 heteroatoms. The Hall–Kier alpha value is -0.410. The van der Waals surface area contributed by atoms with Gasteiger partial charge < -0.3 is 5.73 Å². The summed E-state index contributed by atoms with van der Waals surface area (Å²) in [7, 11) is 0. The largest absolute Gasteiger partial charge is 0.327 e. The van der Waals surface area contributed by atoms with E-state index >= 15 is 0 Å². The second kappa shape index (κ2) is 6.67. The number of rotatable bonds is 4. The number of halogens is 1. The molecule has 1 aliphatic carbocycles. The van der Waals surface area contributed by atoms with Gasteiger partial charge in [-0.25, -0.2) is 0 Å². The second-order valence-electron chi connectivity index (χ2n) is 5.52. The standard InChI is InChI=1S/C15H23BrN2/c1-2-11-3-5-12(6-4-11)15(17)9-14-8-7-13(16)10-18-14/h7-8,10-12,15H,2-6,9,17H2,1H3. The van der Waals surface area contributed by atoms with Crippen molar-refractivity contribution in [3.05, 3.63) is 28.5 Å². The summed E-state index contributed by atoms with van der Waals surface area (Å²) in [6.45, 7) is 2.30. The van der Waals surface area contributed by atoms with Crippen molar-refractivity contribution >= 4 is 15.9 Å². The molecule has 1 aromatic heterocycles. The molecule has 18 heavy (non-hydrogen) atoms. The van der Waals surface area contributed by atoms with Crippen molar-refractivity contribution < 1.29 is 0 Å². The lowest BCUT2D eigenvalue weighted by atomic mass is 9.77. The third-order valence-electron chi connectivity index (χ3n) is 4.31. The van der Waals surface area contributed by atoms with Gasteiger partial charge in [0.1, 0.15) is 0 Å². The Kier molecular flexibility index (Phi) is 5.19. The topological polar surface area (TPSA) is 38.9 Å². The summed E-state index contributed by atoms with van der Waals surface area (Å²) in [5.41, 5.74) is 7.47. The van der Waals surface area contributed by atoms with E-state index in [1.807, 2.05) is 12.3 Å². The van der Waals surface area contributed by atoms with Gasteiger partial charge in [0.25, 0.3) is 0 Å². The predicted octanol–water partition coefficient (Wildman–Crippen LogP) is 3.93. The highest BCUT2D eigenvalue weighted by Gasteiger charge is 2.24. The zero-order chi connectivity index (χ0) is 13.0. The van der Waals surface area contributed by atoms with E-state index in [9.17, 15) is 0 Å². The van der Waals surface area contributed by atoms with Crippen LogP contribution in [0.1, 0.15) is 44.7 Å². The molecule has 2 rings (SSSR count). The van der Waals surface area contributed by atoms with Gasteiger partial charge in [0.05, 0.1) is 0 Å². The Bertz CT molecular complexity index is 355. The summed E-state index contributed by atoms with van der Waals surface area (Å²) < 4.78 is 1.03. The zero-order valence-corrected chi connectivity index (χ0v) is 12.7. The lowest BCUT2D eigenvalue weighted by Gasteiger charge is -2.31. The van der Waals surface area contributed by atoms with Crippen LogP contribution in [0.15, 0.2) is 22.8 Å². The highest BCUT2D eigenvalue weighted by molar-refractivity contribution is 9.10. The van der Waals surface area contributed by atoms with E-state index in [1.54, 1.807) is 0 Å². The minimum absolute atomic E-state index is 0.275. The summed E-state index contributed by atoms with van der Waals surface area (Å²) in [6, 6.07) is 4.39. The number of nitrogens with two attached hydrogens (primary N) is 1. The fraction of sp³-hybridized carbons (Fsp3) is 0.667. The molecule has 0 spiro atoms. The van der Waals surface area contributed by atoms with Gasteiger partial charge in [-0.2, -0.15) is 0 Å². The van der Waals surface area contributed by atoms with Gasteiger partial charge in [-0.15, -0.1) is 0 Å². The highest BCUT2D eigenvalue weighted by Crippen LogP contribution is 2.32. The Morgan fingerprint density at radius 1 is 1.33 bits per heavy atom. The van der Waals surface area contributed by atoms with E-state index in [-0.39, 0.29) is 6.04 Å². The lowest BCUT2D eigenvalue weighted by Crippen LogP contribution is -2.35. The van der Waals surface area contributed by atoms with E-state index in [0.717, 1.165) is 22.5 Å². The first-order valence-electron chi connectivity index (χ1n) is 7.05. The quantitative estimate of drug-likeness (QED) is 0.915. The molecule has 1 heterocycles. The Morgan fingerprint density at radius 3 is 2.61 bits per heavy atom. The van der Waals surface area contributed by atoms with Crippen LogP contribution >= 0.6 is 15.9 Å². The SMILES string of the molecule is CCC1CCC(C(N)Cc2ccc(Br)cn2)CC1. The predicted molar refractivity (Wildman–Crippen MR) is 79.4 cm³/mol. The van der Waals surface area contributed by atoms with Crippen molar-refractivity contribution in [1.82, 2.24) is 4.98 Å². The summed E-state index contributed by atoms with van der Waals surface area (Å²) in [4.78, 5) is 4.42. The maximum Gasteiger partial charge on any atom is 0.0420 e. The molecule has 1 atom stereocenters. The van der Waals surface area contributed by atoms with Crippen LogP contribution in [-0.4, -0.2) is 11.0 Å². The fourth-order valence-corrected chi connectivity index (χ4v) is 3.19. The van der Waals surface area contributed by atoms with E-state index < -0.39 is 0 Å². The monoisotopic (exact) mass is 310 g/mol. The minimum atomic E-state index is 0.275. The molecule has 1 unspecified atom stereocenters. The molecule has 1 saturated carbocycles. The first kappa shape index (κ1) is 14.0. The molecule has 0 amide bonds. The molecule has 0 bridgehead atoms. The average molecular weight is 311 g/mol. The van der Waals surface area contributed by atoms with E-state index in [1.165, 1.54) is 32.1 Å². The van der Waals surface area contributed by atoms with Crippen LogP contribution in [0.3, 0.4) is 0 Å². The third kappa shape index (κ3) is 3.79. The maximum absolute atomic E-state index is 6.35. The normalized spacial score (nSPS) is 25.9. The Balaban J connectivity index is 1.85. The molecular formula is C15H23BrN2. The average Bonchev–Trinajstić information content (AvgIpc) is 2.41. The van der Waals surface area contributed by atoms with Crippen LogP contribution in [0.4, 0.5) is 0 Å². The fourth-order valence-electron chi connectivity index (χ4n) is 2.96. The Labute approximate surface area is 119 Å². The van der Waals surface area contributed by atoms with Gasteiger partial charge in [-0.1, -0.05) is 26.2 Å². The van der Waals surface area contributed by atoms with E-state index in [2.05, 4.69) is 33.9 Å². The number of pyridine rings is 1. The van der Waals surface area contributed by atoms with Gasteiger partial charge >= 0.3 is 0 Å². The number of nitrogens with zero attached hydrogens (tertiary/aromatic N) is 1. The van der Waals surface area contributed by atoms with Crippen molar-refractivity contribution in [3.8, 4) is 0 Å². The highest BCUT2D eigenvalue weighted by atomic mass is 79.9. The molecule has 0 aliphatic heterocycles. The van der Waals surface area contributed by atoms with Gasteiger partial charge in [0.15, 0.2) is 0 Å². The van der Waals surface area contributed by atoms with E-state index in [4.69, 9.17) is 5.73 Å². The van der Waals surface area contributed by atoms with Crippen LogP contribution in [-0.2, 0) is 6.42 Å².